The molecule has 0 atom stereocenters. The van der Waals surface area contributed by atoms with E-state index in [1.807, 2.05) is 11.9 Å². The molecule has 0 radical (unpaired) electrons. The molecule has 0 spiro atoms. The van der Waals surface area contributed by atoms with Crippen molar-refractivity contribution >= 4 is 17.2 Å². The minimum absolute atomic E-state index is 0.277. The molecular weight excluding hydrogens is 246 g/mol. The van der Waals surface area contributed by atoms with Gasteiger partial charge in [-0.15, -0.1) is 0 Å². The molecule has 5 heteroatoms. The topological polar surface area (TPSA) is 35.6 Å². The maximum atomic E-state index is 11.8. The normalized spacial score (nSPS) is 17.1. The van der Waals surface area contributed by atoms with Crippen molar-refractivity contribution in [3.63, 3.8) is 0 Å². The number of piperazine rings is 1. The predicted octanol–water partition coefficient (Wildman–Crippen LogP) is 1.00. The van der Waals surface area contributed by atoms with Crippen LogP contribution in [0.5, 0.6) is 0 Å². The monoisotopic (exact) mass is 267 g/mol. The second-order valence-electron chi connectivity index (χ2n) is 4.64. The molecule has 2 rings (SSSR count). The van der Waals surface area contributed by atoms with Crippen molar-refractivity contribution in [3.8, 4) is 0 Å². The number of rotatable bonds is 5. The number of thiophene rings is 1. The summed E-state index contributed by atoms with van der Waals surface area (Å²) in [4.78, 5) is 16.3. The van der Waals surface area contributed by atoms with Crippen molar-refractivity contribution in [3.05, 3.63) is 22.4 Å². The lowest BCUT2D eigenvalue weighted by Crippen LogP contribution is -2.48. The first-order chi connectivity index (χ1) is 8.79. The summed E-state index contributed by atoms with van der Waals surface area (Å²) in [6, 6.07) is 2.18. The standard InChI is InChI=1S/C13H21N3OS/c1-14-4-2-13(17)16-7-5-15(6-8-16)10-12-3-9-18-11-12/h3,9,11,14H,2,4-8,10H2,1H3. The van der Waals surface area contributed by atoms with E-state index >= 15 is 0 Å². The molecule has 1 aromatic heterocycles. The van der Waals surface area contributed by atoms with Gasteiger partial charge in [0.25, 0.3) is 0 Å². The van der Waals surface area contributed by atoms with Crippen molar-refractivity contribution < 1.29 is 4.79 Å². The van der Waals surface area contributed by atoms with E-state index in [0.717, 1.165) is 39.3 Å². The van der Waals surface area contributed by atoms with Crippen LogP contribution in [0.4, 0.5) is 0 Å². The highest BCUT2D eigenvalue weighted by molar-refractivity contribution is 7.07. The molecule has 0 unspecified atom stereocenters. The van der Waals surface area contributed by atoms with Gasteiger partial charge in [-0.25, -0.2) is 0 Å². The Morgan fingerprint density at radius 3 is 2.78 bits per heavy atom. The van der Waals surface area contributed by atoms with Gasteiger partial charge >= 0.3 is 0 Å². The van der Waals surface area contributed by atoms with Gasteiger partial charge in [-0.2, -0.15) is 11.3 Å². The van der Waals surface area contributed by atoms with Crippen molar-refractivity contribution in [2.75, 3.05) is 39.8 Å². The Bertz CT molecular complexity index is 358. The minimum atomic E-state index is 0.277. The maximum absolute atomic E-state index is 11.8. The number of carbonyl (C=O) groups excluding carboxylic acids is 1. The van der Waals surface area contributed by atoms with Gasteiger partial charge < -0.3 is 10.2 Å². The summed E-state index contributed by atoms with van der Waals surface area (Å²) in [6.45, 7) is 5.50. The van der Waals surface area contributed by atoms with E-state index in [1.54, 1.807) is 11.3 Å². The summed E-state index contributed by atoms with van der Waals surface area (Å²) in [5.41, 5.74) is 1.38. The maximum Gasteiger partial charge on any atom is 0.223 e. The smallest absolute Gasteiger partial charge is 0.223 e. The molecule has 0 saturated carbocycles. The van der Waals surface area contributed by atoms with Gasteiger partial charge in [0.1, 0.15) is 0 Å². The largest absolute Gasteiger partial charge is 0.340 e. The average molecular weight is 267 g/mol. The van der Waals surface area contributed by atoms with Gasteiger partial charge in [0, 0.05) is 45.7 Å². The van der Waals surface area contributed by atoms with E-state index in [1.165, 1.54) is 5.56 Å². The van der Waals surface area contributed by atoms with E-state index in [2.05, 4.69) is 27.0 Å². The fourth-order valence-electron chi connectivity index (χ4n) is 2.19. The van der Waals surface area contributed by atoms with E-state index in [-0.39, 0.29) is 5.91 Å². The lowest BCUT2D eigenvalue weighted by Gasteiger charge is -2.34. The SMILES string of the molecule is CNCCC(=O)N1CCN(Cc2ccsc2)CC1. The van der Waals surface area contributed by atoms with Crippen molar-refractivity contribution in [1.82, 2.24) is 15.1 Å². The Morgan fingerprint density at radius 2 is 2.17 bits per heavy atom. The Morgan fingerprint density at radius 1 is 1.39 bits per heavy atom. The van der Waals surface area contributed by atoms with Gasteiger partial charge in [-0.3, -0.25) is 9.69 Å². The molecule has 1 amide bonds. The second-order valence-corrected chi connectivity index (χ2v) is 5.42. The highest BCUT2D eigenvalue weighted by Gasteiger charge is 2.20. The number of carbonyl (C=O) groups is 1. The molecule has 1 aliphatic heterocycles. The quantitative estimate of drug-likeness (QED) is 0.864. The fraction of sp³-hybridized carbons (Fsp3) is 0.615. The number of hydrogen-bond donors (Lipinski definition) is 1. The molecule has 1 N–H and O–H groups in total. The third-order valence-corrected chi connectivity index (χ3v) is 4.03. The minimum Gasteiger partial charge on any atom is -0.340 e. The van der Waals surface area contributed by atoms with Crippen LogP contribution in [0.1, 0.15) is 12.0 Å². The van der Waals surface area contributed by atoms with Crippen molar-refractivity contribution in [2.24, 2.45) is 0 Å². The predicted molar refractivity (Wildman–Crippen MR) is 74.7 cm³/mol. The first kappa shape index (κ1) is 13.5. The number of nitrogens with zero attached hydrogens (tertiary/aromatic N) is 2. The molecule has 0 bridgehead atoms. The van der Waals surface area contributed by atoms with Crippen LogP contribution < -0.4 is 5.32 Å². The van der Waals surface area contributed by atoms with E-state index < -0.39 is 0 Å². The number of amides is 1. The first-order valence-corrected chi connectivity index (χ1v) is 7.39. The van der Waals surface area contributed by atoms with Gasteiger partial charge in [0.2, 0.25) is 5.91 Å². The zero-order chi connectivity index (χ0) is 12.8. The highest BCUT2D eigenvalue weighted by Crippen LogP contribution is 2.11. The highest BCUT2D eigenvalue weighted by atomic mass is 32.1. The van der Waals surface area contributed by atoms with Crippen LogP contribution in [0.3, 0.4) is 0 Å². The third-order valence-electron chi connectivity index (χ3n) is 3.30. The summed E-state index contributed by atoms with van der Waals surface area (Å²) in [5, 5.41) is 7.34. The van der Waals surface area contributed by atoms with Crippen LogP contribution in [0.2, 0.25) is 0 Å². The van der Waals surface area contributed by atoms with E-state index in [0.29, 0.717) is 6.42 Å². The first-order valence-electron chi connectivity index (χ1n) is 6.45. The molecule has 18 heavy (non-hydrogen) atoms. The van der Waals surface area contributed by atoms with Crippen LogP contribution in [-0.2, 0) is 11.3 Å². The Hall–Kier alpha value is -0.910. The Balaban J connectivity index is 1.72. The summed E-state index contributed by atoms with van der Waals surface area (Å²) < 4.78 is 0. The zero-order valence-electron chi connectivity index (χ0n) is 10.9. The van der Waals surface area contributed by atoms with Gasteiger partial charge in [-0.1, -0.05) is 0 Å². The van der Waals surface area contributed by atoms with Crippen LogP contribution >= 0.6 is 11.3 Å². The lowest BCUT2D eigenvalue weighted by molar-refractivity contribution is -0.132. The lowest BCUT2D eigenvalue weighted by atomic mass is 10.2. The third kappa shape index (κ3) is 3.80. The average Bonchev–Trinajstić information content (AvgIpc) is 2.89. The zero-order valence-corrected chi connectivity index (χ0v) is 11.7. The van der Waals surface area contributed by atoms with Gasteiger partial charge in [0.15, 0.2) is 0 Å². The molecule has 0 aromatic carbocycles. The molecule has 0 aliphatic carbocycles. The molecule has 1 aromatic rings. The van der Waals surface area contributed by atoms with Crippen LogP contribution in [0, 0.1) is 0 Å². The molecule has 4 nitrogen and oxygen atoms in total. The second kappa shape index (κ2) is 6.87. The summed E-state index contributed by atoms with van der Waals surface area (Å²) >= 11 is 1.74. The van der Waals surface area contributed by atoms with Crippen LogP contribution in [0.15, 0.2) is 16.8 Å². The molecular formula is C13H21N3OS. The molecule has 1 aliphatic rings. The van der Waals surface area contributed by atoms with Crippen molar-refractivity contribution in [1.29, 1.82) is 0 Å². The Labute approximate surface area is 113 Å². The van der Waals surface area contributed by atoms with Crippen LogP contribution in [-0.4, -0.2) is 55.5 Å². The molecule has 1 fully saturated rings. The summed E-state index contributed by atoms with van der Waals surface area (Å²) in [7, 11) is 1.88. The number of nitrogens with one attached hydrogen (secondary N) is 1. The van der Waals surface area contributed by atoms with Crippen molar-refractivity contribution in [2.45, 2.75) is 13.0 Å². The summed E-state index contributed by atoms with van der Waals surface area (Å²) in [5.74, 6) is 0.277. The van der Waals surface area contributed by atoms with E-state index in [4.69, 9.17) is 0 Å². The molecule has 2 heterocycles. The molecule has 1 saturated heterocycles. The number of hydrogen-bond acceptors (Lipinski definition) is 4. The van der Waals surface area contributed by atoms with Gasteiger partial charge in [-0.05, 0) is 29.4 Å². The fourth-order valence-corrected chi connectivity index (χ4v) is 2.85. The molecule has 100 valence electrons. The Kier molecular flexibility index (Phi) is 5.16. The summed E-state index contributed by atoms with van der Waals surface area (Å²) in [6.07, 6.45) is 0.612. The van der Waals surface area contributed by atoms with Gasteiger partial charge in [0.05, 0.1) is 0 Å². The van der Waals surface area contributed by atoms with E-state index in [9.17, 15) is 4.79 Å². The van der Waals surface area contributed by atoms with Crippen LogP contribution in [0.25, 0.3) is 0 Å².